The molecule has 92 valence electrons. The van der Waals surface area contributed by atoms with Gasteiger partial charge in [-0.2, -0.15) is 5.10 Å². The molecule has 0 saturated heterocycles. The molecule has 0 aromatic carbocycles. The number of rotatable bonds is 3. The van der Waals surface area contributed by atoms with Gasteiger partial charge in [0.25, 0.3) is 0 Å². The molecule has 0 aliphatic rings. The van der Waals surface area contributed by atoms with Crippen molar-refractivity contribution in [3.05, 3.63) is 11.4 Å². The summed E-state index contributed by atoms with van der Waals surface area (Å²) in [5, 5.41) is 14.7. The first-order valence-electron chi connectivity index (χ1n) is 6.06. The Morgan fingerprint density at radius 3 is 2.25 bits per heavy atom. The molecule has 1 aromatic heterocycles. The summed E-state index contributed by atoms with van der Waals surface area (Å²) in [6, 6.07) is 0. The van der Waals surface area contributed by atoms with Crippen molar-refractivity contribution in [3.63, 3.8) is 0 Å². The zero-order valence-electron chi connectivity index (χ0n) is 11.3. The SMILES string of the molecule is CCc1c(O)c(C(C)(C)C)nn1CC(C)C. The van der Waals surface area contributed by atoms with Gasteiger partial charge in [-0.3, -0.25) is 4.68 Å². The van der Waals surface area contributed by atoms with Crippen molar-refractivity contribution in [3.8, 4) is 5.75 Å². The second-order valence-corrected chi connectivity index (χ2v) is 5.82. The van der Waals surface area contributed by atoms with Crippen molar-refractivity contribution >= 4 is 0 Å². The van der Waals surface area contributed by atoms with Gasteiger partial charge in [0, 0.05) is 12.0 Å². The van der Waals surface area contributed by atoms with Crippen LogP contribution < -0.4 is 0 Å². The van der Waals surface area contributed by atoms with Gasteiger partial charge in [0.2, 0.25) is 0 Å². The minimum atomic E-state index is -0.101. The van der Waals surface area contributed by atoms with Crippen molar-refractivity contribution < 1.29 is 5.11 Å². The second kappa shape index (κ2) is 4.48. The van der Waals surface area contributed by atoms with E-state index in [-0.39, 0.29) is 5.41 Å². The highest BCUT2D eigenvalue weighted by Crippen LogP contribution is 2.32. The third kappa shape index (κ3) is 2.57. The van der Waals surface area contributed by atoms with Crippen molar-refractivity contribution in [2.45, 2.75) is 59.9 Å². The average Bonchev–Trinajstić information content (AvgIpc) is 2.40. The molecule has 0 saturated carbocycles. The van der Waals surface area contributed by atoms with E-state index in [2.05, 4.69) is 46.6 Å². The summed E-state index contributed by atoms with van der Waals surface area (Å²) < 4.78 is 1.96. The Hall–Kier alpha value is -0.990. The van der Waals surface area contributed by atoms with Crippen LogP contribution in [0.3, 0.4) is 0 Å². The van der Waals surface area contributed by atoms with Gasteiger partial charge in [0.1, 0.15) is 5.69 Å². The lowest BCUT2D eigenvalue weighted by Gasteiger charge is -2.15. The van der Waals surface area contributed by atoms with Gasteiger partial charge >= 0.3 is 0 Å². The smallest absolute Gasteiger partial charge is 0.160 e. The summed E-state index contributed by atoms with van der Waals surface area (Å²) in [6.45, 7) is 13.5. The first-order valence-corrected chi connectivity index (χ1v) is 6.06. The first kappa shape index (κ1) is 13.1. The number of nitrogens with zero attached hydrogens (tertiary/aromatic N) is 2. The number of aromatic nitrogens is 2. The van der Waals surface area contributed by atoms with Crippen LogP contribution in [-0.2, 0) is 18.4 Å². The summed E-state index contributed by atoms with van der Waals surface area (Å²) in [6.07, 6.45) is 0.821. The fraction of sp³-hybridized carbons (Fsp3) is 0.769. The Balaban J connectivity index is 3.20. The third-order valence-electron chi connectivity index (χ3n) is 2.61. The molecule has 1 heterocycles. The molecule has 0 atom stereocenters. The lowest BCUT2D eigenvalue weighted by Crippen LogP contribution is -2.14. The van der Waals surface area contributed by atoms with E-state index in [0.717, 1.165) is 24.4 Å². The lowest BCUT2D eigenvalue weighted by molar-refractivity contribution is 0.439. The fourth-order valence-electron chi connectivity index (χ4n) is 1.84. The van der Waals surface area contributed by atoms with E-state index in [9.17, 15) is 5.11 Å². The predicted molar refractivity (Wildman–Crippen MR) is 66.8 cm³/mol. The summed E-state index contributed by atoms with van der Waals surface area (Å²) >= 11 is 0. The summed E-state index contributed by atoms with van der Waals surface area (Å²) in [5.41, 5.74) is 1.67. The van der Waals surface area contributed by atoms with Crippen molar-refractivity contribution in [2.75, 3.05) is 0 Å². The largest absolute Gasteiger partial charge is 0.504 e. The molecule has 0 fully saturated rings. The van der Waals surface area contributed by atoms with Crippen LogP contribution in [0.1, 0.15) is 52.9 Å². The van der Waals surface area contributed by atoms with Crippen LogP contribution in [0.5, 0.6) is 5.75 Å². The molecule has 3 heteroatoms. The van der Waals surface area contributed by atoms with E-state index in [1.165, 1.54) is 0 Å². The van der Waals surface area contributed by atoms with Crippen LogP contribution in [0.2, 0.25) is 0 Å². The van der Waals surface area contributed by atoms with Gasteiger partial charge in [-0.05, 0) is 12.3 Å². The van der Waals surface area contributed by atoms with Crippen LogP contribution in [0.15, 0.2) is 0 Å². The highest BCUT2D eigenvalue weighted by atomic mass is 16.3. The Morgan fingerprint density at radius 2 is 1.88 bits per heavy atom. The zero-order chi connectivity index (χ0) is 12.5. The number of hydrogen-bond acceptors (Lipinski definition) is 2. The maximum Gasteiger partial charge on any atom is 0.160 e. The average molecular weight is 224 g/mol. The highest BCUT2D eigenvalue weighted by molar-refractivity contribution is 5.36. The van der Waals surface area contributed by atoms with Crippen molar-refractivity contribution in [1.29, 1.82) is 0 Å². The molecule has 0 spiro atoms. The maximum atomic E-state index is 10.2. The minimum Gasteiger partial charge on any atom is -0.504 e. The van der Waals surface area contributed by atoms with Gasteiger partial charge < -0.3 is 5.11 Å². The van der Waals surface area contributed by atoms with Gasteiger partial charge in [-0.15, -0.1) is 0 Å². The van der Waals surface area contributed by atoms with E-state index in [1.807, 2.05) is 4.68 Å². The first-order chi connectivity index (χ1) is 7.27. The number of hydrogen-bond donors (Lipinski definition) is 1. The number of aromatic hydroxyl groups is 1. The molecule has 1 rings (SSSR count). The zero-order valence-corrected chi connectivity index (χ0v) is 11.3. The molecular weight excluding hydrogens is 200 g/mol. The Labute approximate surface area is 98.5 Å². The van der Waals surface area contributed by atoms with Crippen LogP contribution in [0.25, 0.3) is 0 Å². The monoisotopic (exact) mass is 224 g/mol. The molecule has 0 radical (unpaired) electrons. The van der Waals surface area contributed by atoms with E-state index >= 15 is 0 Å². The molecule has 1 aromatic rings. The quantitative estimate of drug-likeness (QED) is 0.856. The maximum absolute atomic E-state index is 10.2. The normalized spacial score (nSPS) is 12.4. The van der Waals surface area contributed by atoms with Gasteiger partial charge in [0.15, 0.2) is 5.75 Å². The van der Waals surface area contributed by atoms with E-state index in [0.29, 0.717) is 11.7 Å². The fourth-order valence-corrected chi connectivity index (χ4v) is 1.84. The van der Waals surface area contributed by atoms with E-state index in [4.69, 9.17) is 0 Å². The molecule has 16 heavy (non-hydrogen) atoms. The Kier molecular flexibility index (Phi) is 3.66. The predicted octanol–water partition coefficient (Wildman–Crippen LogP) is 3.10. The van der Waals surface area contributed by atoms with Gasteiger partial charge in [-0.1, -0.05) is 41.5 Å². The molecule has 0 aliphatic heterocycles. The molecular formula is C13H24N2O. The molecule has 3 nitrogen and oxygen atoms in total. The lowest BCUT2D eigenvalue weighted by atomic mass is 9.91. The Morgan fingerprint density at radius 1 is 1.31 bits per heavy atom. The van der Waals surface area contributed by atoms with Crippen molar-refractivity contribution in [2.24, 2.45) is 5.92 Å². The molecule has 0 amide bonds. The molecule has 1 N–H and O–H groups in total. The van der Waals surface area contributed by atoms with E-state index in [1.54, 1.807) is 0 Å². The van der Waals surface area contributed by atoms with Crippen molar-refractivity contribution in [1.82, 2.24) is 9.78 Å². The van der Waals surface area contributed by atoms with E-state index < -0.39 is 0 Å². The van der Waals surface area contributed by atoms with Crippen LogP contribution in [0.4, 0.5) is 0 Å². The molecule has 0 bridgehead atoms. The molecule has 0 aliphatic carbocycles. The Bertz CT molecular complexity index is 359. The summed E-state index contributed by atoms with van der Waals surface area (Å²) in [7, 11) is 0. The summed E-state index contributed by atoms with van der Waals surface area (Å²) in [4.78, 5) is 0. The van der Waals surface area contributed by atoms with Crippen LogP contribution in [0, 0.1) is 5.92 Å². The van der Waals surface area contributed by atoms with Gasteiger partial charge in [-0.25, -0.2) is 0 Å². The van der Waals surface area contributed by atoms with Gasteiger partial charge in [0.05, 0.1) is 5.69 Å². The summed E-state index contributed by atoms with van der Waals surface area (Å²) in [5.74, 6) is 0.924. The second-order valence-electron chi connectivity index (χ2n) is 5.82. The molecule has 0 unspecified atom stereocenters. The van der Waals surface area contributed by atoms with Crippen LogP contribution in [-0.4, -0.2) is 14.9 Å². The van der Waals surface area contributed by atoms with Crippen LogP contribution >= 0.6 is 0 Å². The third-order valence-corrected chi connectivity index (χ3v) is 2.61. The standard InChI is InChI=1S/C13H24N2O/c1-7-10-11(16)12(13(4,5)6)14-15(10)8-9(2)3/h9,16H,7-8H2,1-6H3. The highest BCUT2D eigenvalue weighted by Gasteiger charge is 2.25. The topological polar surface area (TPSA) is 38.1 Å². The minimum absolute atomic E-state index is 0.101.